The number of benzene rings is 2. The van der Waals surface area contributed by atoms with Crippen LogP contribution >= 0.6 is 11.3 Å². The van der Waals surface area contributed by atoms with Crippen LogP contribution in [0.15, 0.2) is 58.1 Å². The molecule has 29 heavy (non-hydrogen) atoms. The maximum absolute atomic E-state index is 12.7. The van der Waals surface area contributed by atoms with E-state index in [4.69, 9.17) is 9.47 Å². The number of aromatic nitrogens is 3. The van der Waals surface area contributed by atoms with Crippen LogP contribution in [0.2, 0.25) is 0 Å². The van der Waals surface area contributed by atoms with Gasteiger partial charge in [-0.2, -0.15) is 14.6 Å². The van der Waals surface area contributed by atoms with E-state index in [1.807, 2.05) is 36.4 Å². The molecule has 0 radical (unpaired) electrons. The van der Waals surface area contributed by atoms with Gasteiger partial charge in [0.15, 0.2) is 11.5 Å². The van der Waals surface area contributed by atoms with E-state index >= 15 is 0 Å². The number of methoxy groups -OCH3 is 2. The van der Waals surface area contributed by atoms with Gasteiger partial charge in [0.2, 0.25) is 4.96 Å². The Morgan fingerprint density at radius 3 is 2.52 bits per heavy atom. The van der Waals surface area contributed by atoms with Crippen molar-refractivity contribution in [1.29, 1.82) is 0 Å². The minimum atomic E-state index is -0.452. The molecule has 0 atom stereocenters. The third-order valence-electron chi connectivity index (χ3n) is 4.37. The van der Waals surface area contributed by atoms with E-state index in [1.54, 1.807) is 32.4 Å². The Hall–Kier alpha value is -3.52. The van der Waals surface area contributed by atoms with E-state index in [2.05, 4.69) is 10.1 Å². The first kappa shape index (κ1) is 18.8. The molecule has 2 aromatic carbocycles. The van der Waals surface area contributed by atoms with Crippen LogP contribution in [-0.2, 0) is 6.42 Å². The number of hydrogen-bond acceptors (Lipinski definition) is 7. The van der Waals surface area contributed by atoms with E-state index in [-0.39, 0.29) is 22.6 Å². The van der Waals surface area contributed by atoms with Gasteiger partial charge in [0.05, 0.1) is 18.8 Å². The zero-order valence-electron chi connectivity index (χ0n) is 15.8. The van der Waals surface area contributed by atoms with Gasteiger partial charge in [-0.05, 0) is 29.3 Å². The summed E-state index contributed by atoms with van der Waals surface area (Å²) in [6.45, 7) is 0. The highest BCUT2D eigenvalue weighted by atomic mass is 32.1. The summed E-state index contributed by atoms with van der Waals surface area (Å²) < 4.78 is 12.2. The van der Waals surface area contributed by atoms with Crippen molar-refractivity contribution < 1.29 is 9.47 Å². The molecule has 0 saturated heterocycles. The van der Waals surface area contributed by atoms with Crippen LogP contribution in [0.1, 0.15) is 16.8 Å². The lowest BCUT2D eigenvalue weighted by atomic mass is 10.1. The molecule has 0 aliphatic carbocycles. The number of hydrogen-bond donors (Lipinski definition) is 0. The van der Waals surface area contributed by atoms with Gasteiger partial charge in [-0.15, -0.1) is 0 Å². The minimum Gasteiger partial charge on any atom is -0.493 e. The lowest BCUT2D eigenvalue weighted by molar-refractivity contribution is 0.354. The average molecular weight is 407 g/mol. The molecule has 0 bridgehead atoms. The highest BCUT2D eigenvalue weighted by molar-refractivity contribution is 7.15. The van der Waals surface area contributed by atoms with Gasteiger partial charge in [0, 0.05) is 6.42 Å². The molecule has 4 rings (SSSR count). The fraction of sp³-hybridized carbons (Fsp3) is 0.143. The minimum absolute atomic E-state index is 0.191. The largest absolute Gasteiger partial charge is 0.493 e. The number of thiazole rings is 1. The van der Waals surface area contributed by atoms with Crippen molar-refractivity contribution in [2.75, 3.05) is 14.2 Å². The molecule has 2 aromatic heterocycles. The molecular formula is C21H17N3O4S. The predicted octanol–water partition coefficient (Wildman–Crippen LogP) is 1.67. The number of fused-ring (bicyclic) bond motifs is 1. The Kier molecular flexibility index (Phi) is 5.09. The summed E-state index contributed by atoms with van der Waals surface area (Å²) >= 11 is 1.14. The monoisotopic (exact) mass is 407 g/mol. The maximum Gasteiger partial charge on any atom is 0.296 e. The molecule has 7 nitrogen and oxygen atoms in total. The third-order valence-corrected chi connectivity index (χ3v) is 5.33. The van der Waals surface area contributed by atoms with Crippen molar-refractivity contribution in [3.63, 3.8) is 0 Å². The van der Waals surface area contributed by atoms with Gasteiger partial charge in [-0.1, -0.05) is 47.7 Å². The van der Waals surface area contributed by atoms with Crippen molar-refractivity contribution >= 4 is 22.4 Å². The van der Waals surface area contributed by atoms with Crippen molar-refractivity contribution in [2.24, 2.45) is 0 Å². The predicted molar refractivity (Wildman–Crippen MR) is 111 cm³/mol. The molecule has 0 aliphatic rings. The molecule has 8 heteroatoms. The van der Waals surface area contributed by atoms with E-state index in [1.165, 1.54) is 4.52 Å². The Balaban J connectivity index is 1.76. The van der Waals surface area contributed by atoms with E-state index in [0.29, 0.717) is 16.0 Å². The van der Waals surface area contributed by atoms with Crippen molar-refractivity contribution in [3.05, 3.63) is 90.6 Å². The molecule has 0 N–H and O–H groups in total. The lowest BCUT2D eigenvalue weighted by Gasteiger charge is -2.09. The summed E-state index contributed by atoms with van der Waals surface area (Å²) in [5.74, 6) is 1.15. The van der Waals surface area contributed by atoms with Gasteiger partial charge in [-0.25, -0.2) is 0 Å². The summed E-state index contributed by atoms with van der Waals surface area (Å²) in [5.41, 5.74) is 1.13. The van der Waals surface area contributed by atoms with Gasteiger partial charge >= 0.3 is 0 Å². The molecule has 0 unspecified atom stereocenters. The first-order valence-corrected chi connectivity index (χ1v) is 9.61. The highest BCUT2D eigenvalue weighted by Gasteiger charge is 2.13. The van der Waals surface area contributed by atoms with Crippen LogP contribution in [-0.4, -0.2) is 28.8 Å². The molecular weight excluding hydrogens is 390 g/mol. The van der Waals surface area contributed by atoms with Crippen LogP contribution in [0.3, 0.4) is 0 Å². The summed E-state index contributed by atoms with van der Waals surface area (Å²) in [7, 11) is 3.10. The van der Waals surface area contributed by atoms with Gasteiger partial charge < -0.3 is 9.47 Å². The standard InChI is InChI=1S/C21H17N3O4S/c1-27-16-9-8-14(11-17(16)28-2)10-15-19(25)22-21-24(23-15)20(26)18(29-21)12-13-6-4-3-5-7-13/h3-9,11-12H,10H2,1-2H3/b18-12+. The van der Waals surface area contributed by atoms with Crippen LogP contribution < -0.4 is 25.1 Å². The first-order valence-electron chi connectivity index (χ1n) is 8.79. The second kappa shape index (κ2) is 7.84. The molecule has 0 aliphatic heterocycles. The molecule has 0 fully saturated rings. The quantitative estimate of drug-likeness (QED) is 0.501. The second-order valence-electron chi connectivity index (χ2n) is 6.25. The topological polar surface area (TPSA) is 82.8 Å². The van der Waals surface area contributed by atoms with Gasteiger partial charge in [0.1, 0.15) is 5.69 Å². The Morgan fingerprint density at radius 2 is 1.79 bits per heavy atom. The van der Waals surface area contributed by atoms with Crippen molar-refractivity contribution in [3.8, 4) is 11.5 Å². The van der Waals surface area contributed by atoms with Crippen molar-refractivity contribution in [1.82, 2.24) is 14.6 Å². The zero-order valence-corrected chi connectivity index (χ0v) is 16.6. The zero-order chi connectivity index (χ0) is 20.4. The number of ether oxygens (including phenoxy) is 2. The fourth-order valence-corrected chi connectivity index (χ4v) is 3.84. The molecule has 146 valence electrons. The Labute approximate surface area is 169 Å². The van der Waals surface area contributed by atoms with E-state index in [0.717, 1.165) is 22.5 Å². The Morgan fingerprint density at radius 1 is 1.03 bits per heavy atom. The molecule has 0 amide bonds. The van der Waals surface area contributed by atoms with Gasteiger partial charge in [-0.3, -0.25) is 9.59 Å². The molecule has 2 heterocycles. The highest BCUT2D eigenvalue weighted by Crippen LogP contribution is 2.28. The second-order valence-corrected chi connectivity index (χ2v) is 7.26. The van der Waals surface area contributed by atoms with Crippen LogP contribution in [0, 0.1) is 0 Å². The van der Waals surface area contributed by atoms with E-state index in [9.17, 15) is 9.59 Å². The summed E-state index contributed by atoms with van der Waals surface area (Å²) in [6.07, 6.45) is 1.99. The fourth-order valence-electron chi connectivity index (χ4n) is 2.94. The average Bonchev–Trinajstić information content (AvgIpc) is 3.03. The molecule has 4 aromatic rings. The SMILES string of the molecule is COc1ccc(Cc2nn3c(=O)/c(=C\c4ccccc4)sc3nc2=O)cc1OC. The van der Waals surface area contributed by atoms with E-state index < -0.39 is 5.56 Å². The van der Waals surface area contributed by atoms with Crippen LogP contribution in [0.4, 0.5) is 0 Å². The number of nitrogens with zero attached hydrogens (tertiary/aromatic N) is 3. The smallest absolute Gasteiger partial charge is 0.296 e. The summed E-state index contributed by atoms with van der Waals surface area (Å²) in [4.78, 5) is 29.5. The Bertz CT molecular complexity index is 1350. The first-order chi connectivity index (χ1) is 14.1. The molecule has 0 saturated carbocycles. The third kappa shape index (κ3) is 3.74. The van der Waals surface area contributed by atoms with Crippen molar-refractivity contribution in [2.45, 2.75) is 6.42 Å². The maximum atomic E-state index is 12.7. The molecule has 0 spiro atoms. The van der Waals surface area contributed by atoms with Crippen LogP contribution in [0.5, 0.6) is 11.5 Å². The summed E-state index contributed by atoms with van der Waals surface area (Å²) in [6, 6.07) is 14.8. The number of rotatable bonds is 5. The van der Waals surface area contributed by atoms with Crippen LogP contribution in [0.25, 0.3) is 11.0 Å². The summed E-state index contributed by atoms with van der Waals surface area (Å²) in [5, 5.41) is 4.28. The van der Waals surface area contributed by atoms with Gasteiger partial charge in [0.25, 0.3) is 11.1 Å². The normalized spacial score (nSPS) is 11.7. The lowest BCUT2D eigenvalue weighted by Crippen LogP contribution is -2.28.